The van der Waals surface area contributed by atoms with Crippen LogP contribution in [0, 0.1) is 0 Å². The lowest BCUT2D eigenvalue weighted by Crippen LogP contribution is -2.26. The van der Waals surface area contributed by atoms with Crippen LogP contribution < -0.4 is 4.72 Å². The Kier molecular flexibility index (Phi) is 3.11. The molecule has 0 aromatic heterocycles. The molecule has 5 nitrogen and oxygen atoms in total. The van der Waals surface area contributed by atoms with Gasteiger partial charge in [-0.15, -0.1) is 0 Å². The smallest absolute Gasteiger partial charge is 0.337 e. The van der Waals surface area contributed by atoms with Gasteiger partial charge >= 0.3 is 5.97 Å². The quantitative estimate of drug-likeness (QED) is 0.872. The van der Waals surface area contributed by atoms with Gasteiger partial charge in [0.05, 0.1) is 10.6 Å². The summed E-state index contributed by atoms with van der Waals surface area (Å²) in [5.74, 6) is -1.25. The number of carboxylic acid groups (broad SMARTS) is 1. The first-order chi connectivity index (χ1) is 7.92. The summed E-state index contributed by atoms with van der Waals surface area (Å²) >= 11 is 5.79. The molecule has 0 radical (unpaired) electrons. The van der Waals surface area contributed by atoms with Gasteiger partial charge in [0.2, 0.25) is 10.0 Å². The fourth-order valence-electron chi connectivity index (χ4n) is 1.37. The Labute approximate surface area is 103 Å². The molecule has 0 amide bonds. The van der Waals surface area contributed by atoms with Crippen LogP contribution in [0.4, 0.5) is 0 Å². The Hall–Kier alpha value is -1.11. The fourth-order valence-corrected chi connectivity index (χ4v) is 3.28. The number of aromatic carboxylic acids is 1. The lowest BCUT2D eigenvalue weighted by molar-refractivity contribution is 0.0697. The number of carbonyl (C=O) groups is 1. The molecule has 2 rings (SSSR count). The van der Waals surface area contributed by atoms with Crippen LogP contribution in [0.25, 0.3) is 0 Å². The summed E-state index contributed by atoms with van der Waals surface area (Å²) < 4.78 is 26.2. The molecular formula is C10H10ClNO4S. The number of hydrogen-bond donors (Lipinski definition) is 2. The molecule has 1 aliphatic rings. The van der Waals surface area contributed by atoms with Gasteiger partial charge in [0, 0.05) is 6.04 Å². The zero-order chi connectivity index (χ0) is 12.6. The number of carboxylic acids is 1. The van der Waals surface area contributed by atoms with Crippen LogP contribution in [0.1, 0.15) is 23.2 Å². The average molecular weight is 276 g/mol. The minimum Gasteiger partial charge on any atom is -0.478 e. The summed E-state index contributed by atoms with van der Waals surface area (Å²) in [6.07, 6.45) is 1.60. The minimum absolute atomic E-state index is 0.0513. The van der Waals surface area contributed by atoms with Gasteiger partial charge in [-0.25, -0.2) is 17.9 Å². The number of halogens is 1. The summed E-state index contributed by atoms with van der Waals surface area (Å²) in [5.41, 5.74) is -0.217. The van der Waals surface area contributed by atoms with E-state index in [1.54, 1.807) is 0 Å². The number of benzene rings is 1. The highest BCUT2D eigenvalue weighted by Crippen LogP contribution is 2.28. The first kappa shape index (κ1) is 12.3. The van der Waals surface area contributed by atoms with Crippen LogP contribution in [0.15, 0.2) is 23.1 Å². The van der Waals surface area contributed by atoms with E-state index in [1.165, 1.54) is 18.2 Å². The first-order valence-electron chi connectivity index (χ1n) is 4.96. The van der Waals surface area contributed by atoms with Crippen LogP contribution in [0.3, 0.4) is 0 Å². The number of hydrogen-bond acceptors (Lipinski definition) is 3. The van der Waals surface area contributed by atoms with Gasteiger partial charge in [-0.1, -0.05) is 17.7 Å². The van der Waals surface area contributed by atoms with E-state index in [9.17, 15) is 13.2 Å². The second kappa shape index (κ2) is 4.29. The molecule has 0 aliphatic heterocycles. The maximum atomic E-state index is 11.9. The molecule has 1 fully saturated rings. The van der Waals surface area contributed by atoms with Crippen molar-refractivity contribution in [3.63, 3.8) is 0 Å². The van der Waals surface area contributed by atoms with Crippen LogP contribution in [-0.4, -0.2) is 25.5 Å². The lowest BCUT2D eigenvalue weighted by atomic mass is 10.2. The summed E-state index contributed by atoms with van der Waals surface area (Å²) in [7, 11) is -3.73. The van der Waals surface area contributed by atoms with Crippen molar-refractivity contribution in [2.24, 2.45) is 0 Å². The predicted molar refractivity (Wildman–Crippen MR) is 61.8 cm³/mol. The molecule has 1 aliphatic carbocycles. The van der Waals surface area contributed by atoms with Gasteiger partial charge in [-0.3, -0.25) is 0 Å². The third-order valence-electron chi connectivity index (χ3n) is 2.38. The number of rotatable bonds is 4. The third kappa shape index (κ3) is 2.59. The van der Waals surface area contributed by atoms with Crippen molar-refractivity contribution in [2.75, 3.05) is 0 Å². The predicted octanol–water partition coefficient (Wildman–Crippen LogP) is 1.48. The summed E-state index contributed by atoms with van der Waals surface area (Å²) in [4.78, 5) is 10.6. The Balaban J connectivity index is 2.44. The maximum absolute atomic E-state index is 11.9. The van der Waals surface area contributed by atoms with Crippen molar-refractivity contribution in [3.05, 3.63) is 28.8 Å². The largest absolute Gasteiger partial charge is 0.478 e. The van der Waals surface area contributed by atoms with E-state index >= 15 is 0 Å². The number of nitrogens with one attached hydrogen (secondary N) is 1. The number of sulfonamides is 1. The van der Waals surface area contributed by atoms with Gasteiger partial charge in [0.25, 0.3) is 0 Å². The second-order valence-electron chi connectivity index (χ2n) is 3.82. The lowest BCUT2D eigenvalue weighted by Gasteiger charge is -2.08. The summed E-state index contributed by atoms with van der Waals surface area (Å²) in [6.45, 7) is 0. The van der Waals surface area contributed by atoms with E-state index in [4.69, 9.17) is 16.7 Å². The van der Waals surface area contributed by atoms with Gasteiger partial charge in [0.1, 0.15) is 4.90 Å². The zero-order valence-electron chi connectivity index (χ0n) is 8.68. The zero-order valence-corrected chi connectivity index (χ0v) is 10.3. The van der Waals surface area contributed by atoms with Crippen molar-refractivity contribution in [2.45, 2.75) is 23.8 Å². The molecule has 92 valence electrons. The molecule has 0 atom stereocenters. The van der Waals surface area contributed by atoms with Crippen LogP contribution in [-0.2, 0) is 10.0 Å². The van der Waals surface area contributed by atoms with Crippen molar-refractivity contribution in [3.8, 4) is 0 Å². The molecule has 0 heterocycles. The van der Waals surface area contributed by atoms with Gasteiger partial charge in [0.15, 0.2) is 0 Å². The molecule has 0 spiro atoms. The van der Waals surface area contributed by atoms with E-state index in [1.807, 2.05) is 0 Å². The normalized spacial score (nSPS) is 15.8. The van der Waals surface area contributed by atoms with Crippen molar-refractivity contribution < 1.29 is 18.3 Å². The monoisotopic (exact) mass is 275 g/mol. The van der Waals surface area contributed by atoms with E-state index in [0.717, 1.165) is 12.8 Å². The topological polar surface area (TPSA) is 83.5 Å². The molecule has 17 heavy (non-hydrogen) atoms. The van der Waals surface area contributed by atoms with Crippen molar-refractivity contribution >= 4 is 27.6 Å². The molecule has 2 N–H and O–H groups in total. The van der Waals surface area contributed by atoms with Crippen LogP contribution >= 0.6 is 11.6 Å². The van der Waals surface area contributed by atoms with Gasteiger partial charge in [-0.05, 0) is 25.0 Å². The highest BCUT2D eigenvalue weighted by atomic mass is 35.5. The molecule has 1 saturated carbocycles. The van der Waals surface area contributed by atoms with E-state index in [2.05, 4.69) is 4.72 Å². The SMILES string of the molecule is O=C(O)c1cccc(S(=O)(=O)NC2CC2)c1Cl. The summed E-state index contributed by atoms with van der Waals surface area (Å²) in [5, 5.41) is 8.59. The van der Waals surface area contributed by atoms with Crippen LogP contribution in [0.5, 0.6) is 0 Å². The molecule has 0 saturated heterocycles. The fraction of sp³-hybridized carbons (Fsp3) is 0.300. The summed E-state index contributed by atoms with van der Waals surface area (Å²) in [6, 6.07) is 3.86. The molecule has 1 aromatic rings. The first-order valence-corrected chi connectivity index (χ1v) is 6.82. The Morgan fingerprint density at radius 3 is 2.59 bits per heavy atom. The third-order valence-corrected chi connectivity index (χ3v) is 4.46. The van der Waals surface area contributed by atoms with Crippen LogP contribution in [0.2, 0.25) is 5.02 Å². The second-order valence-corrected chi connectivity index (χ2v) is 5.88. The minimum atomic E-state index is -3.73. The van der Waals surface area contributed by atoms with Crippen molar-refractivity contribution in [1.82, 2.24) is 4.72 Å². The van der Waals surface area contributed by atoms with E-state index in [-0.39, 0.29) is 21.5 Å². The Morgan fingerprint density at radius 2 is 2.06 bits per heavy atom. The molecule has 1 aromatic carbocycles. The highest BCUT2D eigenvalue weighted by Gasteiger charge is 2.30. The van der Waals surface area contributed by atoms with Gasteiger partial charge < -0.3 is 5.11 Å². The molecule has 7 heteroatoms. The highest BCUT2D eigenvalue weighted by molar-refractivity contribution is 7.89. The molecule has 0 unspecified atom stereocenters. The molecule has 0 bridgehead atoms. The average Bonchev–Trinajstić information content (AvgIpc) is 3.00. The van der Waals surface area contributed by atoms with Gasteiger partial charge in [-0.2, -0.15) is 0 Å². The standard InChI is InChI=1S/C10H10ClNO4S/c11-9-7(10(13)14)2-1-3-8(9)17(15,16)12-6-4-5-6/h1-3,6,12H,4-5H2,(H,13,14). The maximum Gasteiger partial charge on any atom is 0.337 e. The Bertz CT molecular complexity index is 566. The molecular weight excluding hydrogens is 266 g/mol. The Morgan fingerprint density at radius 1 is 1.41 bits per heavy atom. The van der Waals surface area contributed by atoms with E-state index in [0.29, 0.717) is 0 Å². The van der Waals surface area contributed by atoms with E-state index < -0.39 is 16.0 Å². The van der Waals surface area contributed by atoms with Crippen molar-refractivity contribution in [1.29, 1.82) is 0 Å².